The summed E-state index contributed by atoms with van der Waals surface area (Å²) < 4.78 is 10.5. The Morgan fingerprint density at radius 3 is 2.38 bits per heavy atom. The summed E-state index contributed by atoms with van der Waals surface area (Å²) in [6.45, 7) is 1.94. The van der Waals surface area contributed by atoms with Gasteiger partial charge in [-0.05, 0) is 47.9 Å². The van der Waals surface area contributed by atoms with Gasteiger partial charge >= 0.3 is 0 Å². The zero-order valence-corrected chi connectivity index (χ0v) is 13.1. The number of aliphatic hydroxyl groups excluding tert-OH is 1. The number of hydrogen-bond donors (Lipinski definition) is 1. The first kappa shape index (κ1) is 15.7. The molecule has 2 rings (SSSR count). The fourth-order valence-electron chi connectivity index (χ4n) is 2.35. The monoisotopic (exact) mass is 306 g/mol. The molecule has 0 amide bonds. The number of methoxy groups -OCH3 is 2. The molecule has 0 aliphatic heterocycles. The summed E-state index contributed by atoms with van der Waals surface area (Å²) in [6.07, 6.45) is -0.0802. The van der Waals surface area contributed by atoms with E-state index < -0.39 is 6.10 Å². The molecule has 0 saturated carbocycles. The van der Waals surface area contributed by atoms with Crippen molar-refractivity contribution in [2.24, 2.45) is 0 Å². The summed E-state index contributed by atoms with van der Waals surface area (Å²) in [7, 11) is 3.20. The van der Waals surface area contributed by atoms with Gasteiger partial charge in [-0.3, -0.25) is 0 Å². The SMILES string of the molecule is COc1ccc(CC(O)c2ccc(Cl)cc2C)cc1OC. The third-order valence-electron chi connectivity index (χ3n) is 3.47. The van der Waals surface area contributed by atoms with E-state index in [4.69, 9.17) is 21.1 Å². The van der Waals surface area contributed by atoms with E-state index in [0.717, 1.165) is 16.7 Å². The molecule has 0 bridgehead atoms. The highest BCUT2D eigenvalue weighted by Gasteiger charge is 2.13. The smallest absolute Gasteiger partial charge is 0.160 e. The molecule has 0 fully saturated rings. The lowest BCUT2D eigenvalue weighted by molar-refractivity contribution is 0.177. The highest BCUT2D eigenvalue weighted by Crippen LogP contribution is 2.30. The molecule has 0 radical (unpaired) electrons. The first-order valence-corrected chi connectivity index (χ1v) is 7.08. The number of hydrogen-bond acceptors (Lipinski definition) is 3. The zero-order chi connectivity index (χ0) is 15.4. The summed E-state index contributed by atoms with van der Waals surface area (Å²) in [5, 5.41) is 11.1. The number of halogens is 1. The van der Waals surface area contributed by atoms with Crippen molar-refractivity contribution in [3.05, 3.63) is 58.1 Å². The van der Waals surface area contributed by atoms with Gasteiger partial charge in [0.15, 0.2) is 11.5 Å². The Morgan fingerprint density at radius 2 is 1.76 bits per heavy atom. The van der Waals surface area contributed by atoms with Crippen LogP contribution in [0.1, 0.15) is 22.8 Å². The molecule has 1 atom stereocenters. The Kier molecular flexibility index (Phi) is 5.10. The van der Waals surface area contributed by atoms with Crippen LogP contribution in [0.4, 0.5) is 0 Å². The van der Waals surface area contributed by atoms with Crippen LogP contribution in [0.2, 0.25) is 5.02 Å². The van der Waals surface area contributed by atoms with E-state index >= 15 is 0 Å². The van der Waals surface area contributed by atoms with Gasteiger partial charge in [-0.25, -0.2) is 0 Å². The van der Waals surface area contributed by atoms with Gasteiger partial charge in [-0.1, -0.05) is 23.7 Å². The summed E-state index contributed by atoms with van der Waals surface area (Å²) >= 11 is 5.94. The van der Waals surface area contributed by atoms with Gasteiger partial charge < -0.3 is 14.6 Å². The van der Waals surface area contributed by atoms with Gasteiger partial charge in [0, 0.05) is 11.4 Å². The third-order valence-corrected chi connectivity index (χ3v) is 3.70. The number of ether oxygens (including phenoxy) is 2. The summed E-state index contributed by atoms with van der Waals surface area (Å²) in [5.41, 5.74) is 2.85. The summed E-state index contributed by atoms with van der Waals surface area (Å²) in [6, 6.07) is 11.2. The lowest BCUT2D eigenvalue weighted by atomic mass is 9.97. The number of rotatable bonds is 5. The van der Waals surface area contributed by atoms with Gasteiger partial charge in [0.2, 0.25) is 0 Å². The van der Waals surface area contributed by atoms with Crippen molar-refractivity contribution >= 4 is 11.6 Å². The van der Waals surface area contributed by atoms with Crippen LogP contribution in [-0.2, 0) is 6.42 Å². The maximum Gasteiger partial charge on any atom is 0.160 e. The minimum absolute atomic E-state index is 0.503. The molecular weight excluding hydrogens is 288 g/mol. The normalized spacial score (nSPS) is 12.0. The molecule has 0 saturated heterocycles. The van der Waals surface area contributed by atoms with E-state index in [1.165, 1.54) is 0 Å². The molecule has 0 aromatic heterocycles. The van der Waals surface area contributed by atoms with Crippen LogP contribution in [0, 0.1) is 6.92 Å². The van der Waals surface area contributed by atoms with Crippen molar-refractivity contribution in [3.8, 4) is 11.5 Å². The van der Waals surface area contributed by atoms with Crippen molar-refractivity contribution in [2.45, 2.75) is 19.4 Å². The highest BCUT2D eigenvalue weighted by molar-refractivity contribution is 6.30. The predicted molar refractivity (Wildman–Crippen MR) is 84.4 cm³/mol. The molecule has 2 aromatic rings. The van der Waals surface area contributed by atoms with E-state index in [1.807, 2.05) is 37.3 Å². The molecule has 2 aromatic carbocycles. The second-order valence-corrected chi connectivity index (χ2v) is 5.35. The van der Waals surface area contributed by atoms with Crippen LogP contribution in [-0.4, -0.2) is 19.3 Å². The molecule has 112 valence electrons. The molecule has 0 aliphatic rings. The van der Waals surface area contributed by atoms with Crippen molar-refractivity contribution in [1.29, 1.82) is 0 Å². The first-order chi connectivity index (χ1) is 10.0. The predicted octanol–water partition coefficient (Wildman–Crippen LogP) is 3.94. The van der Waals surface area contributed by atoms with Crippen molar-refractivity contribution in [3.63, 3.8) is 0 Å². The molecule has 21 heavy (non-hydrogen) atoms. The molecule has 1 N–H and O–H groups in total. The Morgan fingerprint density at radius 1 is 1.05 bits per heavy atom. The number of benzene rings is 2. The van der Waals surface area contributed by atoms with Gasteiger partial charge in [0.25, 0.3) is 0 Å². The molecule has 3 nitrogen and oxygen atoms in total. The zero-order valence-electron chi connectivity index (χ0n) is 12.4. The van der Waals surface area contributed by atoms with Crippen LogP contribution in [0.25, 0.3) is 0 Å². The first-order valence-electron chi connectivity index (χ1n) is 6.70. The molecule has 0 spiro atoms. The van der Waals surface area contributed by atoms with Gasteiger partial charge in [0.1, 0.15) is 0 Å². The minimum atomic E-state index is -0.583. The van der Waals surface area contributed by atoms with Crippen LogP contribution < -0.4 is 9.47 Å². The third kappa shape index (κ3) is 3.69. The van der Waals surface area contributed by atoms with E-state index in [0.29, 0.717) is 22.9 Å². The van der Waals surface area contributed by atoms with Crippen molar-refractivity contribution in [1.82, 2.24) is 0 Å². The minimum Gasteiger partial charge on any atom is -0.493 e. The van der Waals surface area contributed by atoms with Gasteiger partial charge in [-0.15, -0.1) is 0 Å². The second kappa shape index (κ2) is 6.83. The lowest BCUT2D eigenvalue weighted by Crippen LogP contribution is -2.04. The average Bonchev–Trinajstić information content (AvgIpc) is 2.46. The fraction of sp³-hybridized carbons (Fsp3) is 0.294. The van der Waals surface area contributed by atoms with Crippen LogP contribution in [0.3, 0.4) is 0 Å². The van der Waals surface area contributed by atoms with E-state index in [1.54, 1.807) is 20.3 Å². The summed E-state index contributed by atoms with van der Waals surface area (Å²) in [4.78, 5) is 0. The lowest BCUT2D eigenvalue weighted by Gasteiger charge is -2.15. The fourth-order valence-corrected chi connectivity index (χ4v) is 2.58. The Balaban J connectivity index is 2.21. The summed E-state index contributed by atoms with van der Waals surface area (Å²) in [5.74, 6) is 1.34. The van der Waals surface area contributed by atoms with E-state index in [2.05, 4.69) is 0 Å². The van der Waals surface area contributed by atoms with Crippen molar-refractivity contribution < 1.29 is 14.6 Å². The molecule has 0 heterocycles. The standard InChI is InChI=1S/C17H19ClO3/c1-11-8-13(18)5-6-14(11)15(19)9-12-4-7-16(20-2)17(10-12)21-3/h4-8,10,15,19H,9H2,1-3H3. The quantitative estimate of drug-likeness (QED) is 0.909. The number of aryl methyl sites for hydroxylation is 1. The maximum absolute atomic E-state index is 10.4. The van der Waals surface area contributed by atoms with Crippen LogP contribution in [0.15, 0.2) is 36.4 Å². The van der Waals surface area contributed by atoms with Crippen LogP contribution in [0.5, 0.6) is 11.5 Å². The van der Waals surface area contributed by atoms with Crippen molar-refractivity contribution in [2.75, 3.05) is 14.2 Å². The van der Waals surface area contributed by atoms with Crippen LogP contribution >= 0.6 is 11.6 Å². The molecule has 0 aliphatic carbocycles. The average molecular weight is 307 g/mol. The molecular formula is C17H19ClO3. The van der Waals surface area contributed by atoms with Gasteiger partial charge in [-0.2, -0.15) is 0 Å². The molecule has 4 heteroatoms. The maximum atomic E-state index is 10.4. The Labute approximate surface area is 130 Å². The highest BCUT2D eigenvalue weighted by atomic mass is 35.5. The largest absolute Gasteiger partial charge is 0.493 e. The second-order valence-electron chi connectivity index (χ2n) is 4.91. The Bertz CT molecular complexity index is 625. The van der Waals surface area contributed by atoms with Gasteiger partial charge in [0.05, 0.1) is 20.3 Å². The van der Waals surface area contributed by atoms with E-state index in [9.17, 15) is 5.11 Å². The number of aliphatic hydroxyl groups is 1. The Hall–Kier alpha value is -1.71. The topological polar surface area (TPSA) is 38.7 Å². The van der Waals surface area contributed by atoms with E-state index in [-0.39, 0.29) is 0 Å². The molecule has 1 unspecified atom stereocenters.